The molecule has 0 aromatic heterocycles. The molecule has 0 saturated carbocycles. The maximum atomic E-state index is 11.0. The maximum Gasteiger partial charge on any atom is 0.235 e. The molecule has 15 heavy (non-hydrogen) atoms. The molecular weight excluding hydrogens is 220 g/mol. The van der Waals surface area contributed by atoms with Crippen LogP contribution in [-0.2, 0) is 19.4 Å². The molecular formula is C8H18N2O4S. The first-order chi connectivity index (χ1) is 6.95. The first kappa shape index (κ1) is 14.3. The van der Waals surface area contributed by atoms with Crippen LogP contribution in [0.3, 0.4) is 0 Å². The second-order valence-electron chi connectivity index (χ2n) is 3.16. The number of carbonyl (C=O) groups excluding carboxylic acids is 1. The number of amides is 1. The lowest BCUT2D eigenvalue weighted by molar-refractivity contribution is -0.118. The van der Waals surface area contributed by atoms with Crippen molar-refractivity contribution in [2.75, 3.05) is 45.4 Å². The molecule has 0 atom stereocenters. The molecule has 2 N–H and O–H groups in total. The zero-order chi connectivity index (χ0) is 11.7. The average molecular weight is 238 g/mol. The van der Waals surface area contributed by atoms with Crippen LogP contribution in [0.5, 0.6) is 0 Å². The molecule has 0 saturated heterocycles. The summed E-state index contributed by atoms with van der Waals surface area (Å²) >= 11 is 0. The van der Waals surface area contributed by atoms with Crippen LogP contribution in [0.2, 0.25) is 0 Å². The van der Waals surface area contributed by atoms with Crippen LogP contribution in [0.25, 0.3) is 0 Å². The van der Waals surface area contributed by atoms with Crippen molar-refractivity contribution in [3.05, 3.63) is 0 Å². The minimum atomic E-state index is -3.23. The molecule has 0 aliphatic rings. The number of hydrogen-bond acceptors (Lipinski definition) is 5. The number of methoxy groups -OCH3 is 1. The van der Waals surface area contributed by atoms with Crippen LogP contribution in [0, 0.1) is 0 Å². The van der Waals surface area contributed by atoms with Crippen molar-refractivity contribution in [2.45, 2.75) is 0 Å². The van der Waals surface area contributed by atoms with Gasteiger partial charge in [-0.1, -0.05) is 0 Å². The van der Waals surface area contributed by atoms with Gasteiger partial charge in [0.2, 0.25) is 5.91 Å². The molecule has 1 amide bonds. The smallest absolute Gasteiger partial charge is 0.235 e. The third-order valence-electron chi connectivity index (χ3n) is 1.50. The van der Waals surface area contributed by atoms with Crippen molar-refractivity contribution < 1.29 is 17.9 Å². The van der Waals surface area contributed by atoms with Gasteiger partial charge in [-0.05, 0) is 0 Å². The highest BCUT2D eigenvalue weighted by Gasteiger charge is 2.09. The second kappa shape index (κ2) is 7.61. The first-order valence-corrected chi connectivity index (χ1v) is 6.66. The van der Waals surface area contributed by atoms with E-state index in [0.29, 0.717) is 26.2 Å². The van der Waals surface area contributed by atoms with E-state index in [2.05, 4.69) is 10.6 Å². The highest BCUT2D eigenvalue weighted by Crippen LogP contribution is 1.81. The van der Waals surface area contributed by atoms with Crippen molar-refractivity contribution in [3.8, 4) is 0 Å². The molecule has 90 valence electrons. The van der Waals surface area contributed by atoms with E-state index in [-0.39, 0.29) is 0 Å². The molecule has 0 aliphatic heterocycles. The quantitative estimate of drug-likeness (QED) is 0.497. The van der Waals surface area contributed by atoms with E-state index in [0.717, 1.165) is 6.26 Å². The summed E-state index contributed by atoms with van der Waals surface area (Å²) in [5, 5.41) is 5.51. The van der Waals surface area contributed by atoms with Crippen LogP contribution in [0.15, 0.2) is 0 Å². The normalized spacial score (nSPS) is 11.3. The number of rotatable bonds is 8. The fourth-order valence-corrected chi connectivity index (χ4v) is 1.46. The molecule has 6 nitrogen and oxygen atoms in total. The van der Waals surface area contributed by atoms with Crippen molar-refractivity contribution in [1.82, 2.24) is 10.6 Å². The zero-order valence-electron chi connectivity index (χ0n) is 9.08. The molecule has 0 spiro atoms. The highest BCUT2D eigenvalue weighted by molar-refractivity contribution is 7.91. The van der Waals surface area contributed by atoms with Crippen LogP contribution < -0.4 is 10.6 Å². The van der Waals surface area contributed by atoms with Gasteiger partial charge in [-0.3, -0.25) is 4.79 Å². The Morgan fingerprint density at radius 2 is 1.93 bits per heavy atom. The van der Waals surface area contributed by atoms with Gasteiger partial charge in [-0.2, -0.15) is 0 Å². The van der Waals surface area contributed by atoms with Gasteiger partial charge in [0.15, 0.2) is 9.84 Å². The number of nitrogens with one attached hydrogen (secondary N) is 2. The minimum absolute atomic E-state index is 0.415. The first-order valence-electron chi connectivity index (χ1n) is 4.60. The second-order valence-corrected chi connectivity index (χ2v) is 5.30. The standard InChI is InChI=1S/C8H18N2O4S/c1-14-6-5-9-3-4-10-8(11)7-15(2,12)13/h9H,3-7H2,1-2H3,(H,10,11). The molecule has 0 radical (unpaired) electrons. The topological polar surface area (TPSA) is 84.5 Å². The van der Waals surface area contributed by atoms with Crippen LogP contribution in [0.1, 0.15) is 0 Å². The molecule has 0 heterocycles. The van der Waals surface area contributed by atoms with Gasteiger partial charge in [0.25, 0.3) is 0 Å². The zero-order valence-corrected chi connectivity index (χ0v) is 9.89. The van der Waals surface area contributed by atoms with Gasteiger partial charge in [0.1, 0.15) is 5.75 Å². The van der Waals surface area contributed by atoms with Crippen LogP contribution in [0.4, 0.5) is 0 Å². The maximum absolute atomic E-state index is 11.0. The molecule has 7 heteroatoms. The Morgan fingerprint density at radius 3 is 2.47 bits per heavy atom. The number of ether oxygens (including phenoxy) is 1. The fraction of sp³-hybridized carbons (Fsp3) is 0.875. The average Bonchev–Trinajstić information content (AvgIpc) is 2.08. The lowest BCUT2D eigenvalue weighted by Crippen LogP contribution is -2.36. The summed E-state index contributed by atoms with van der Waals surface area (Å²) in [4.78, 5) is 11.0. The van der Waals surface area contributed by atoms with E-state index in [1.807, 2.05) is 0 Å². The predicted molar refractivity (Wildman–Crippen MR) is 57.5 cm³/mol. The number of carbonyl (C=O) groups is 1. The van der Waals surface area contributed by atoms with E-state index >= 15 is 0 Å². The number of sulfone groups is 1. The largest absolute Gasteiger partial charge is 0.383 e. The van der Waals surface area contributed by atoms with Gasteiger partial charge >= 0.3 is 0 Å². The van der Waals surface area contributed by atoms with Gasteiger partial charge < -0.3 is 15.4 Å². The summed E-state index contributed by atoms with van der Waals surface area (Å²) in [6.07, 6.45) is 1.03. The van der Waals surface area contributed by atoms with E-state index < -0.39 is 21.5 Å². The van der Waals surface area contributed by atoms with Gasteiger partial charge in [-0.15, -0.1) is 0 Å². The lowest BCUT2D eigenvalue weighted by atomic mass is 10.5. The van der Waals surface area contributed by atoms with E-state index in [1.165, 1.54) is 0 Å². The van der Waals surface area contributed by atoms with Crippen molar-refractivity contribution in [1.29, 1.82) is 0 Å². The van der Waals surface area contributed by atoms with E-state index in [4.69, 9.17) is 4.74 Å². The summed E-state index contributed by atoms with van der Waals surface area (Å²) < 4.78 is 26.3. The molecule has 0 aliphatic carbocycles. The number of hydrogen-bond donors (Lipinski definition) is 2. The Labute approximate surface area is 90.3 Å². The predicted octanol–water partition coefficient (Wildman–Crippen LogP) is -1.62. The van der Waals surface area contributed by atoms with Crippen molar-refractivity contribution >= 4 is 15.7 Å². The fourth-order valence-electron chi connectivity index (χ4n) is 0.879. The minimum Gasteiger partial charge on any atom is -0.383 e. The summed E-state index contributed by atoms with van der Waals surface area (Å²) in [7, 11) is -1.62. The summed E-state index contributed by atoms with van der Waals surface area (Å²) in [6.45, 7) is 2.33. The van der Waals surface area contributed by atoms with E-state index in [9.17, 15) is 13.2 Å². The molecule has 0 unspecified atom stereocenters. The highest BCUT2D eigenvalue weighted by atomic mass is 32.2. The van der Waals surface area contributed by atoms with Gasteiger partial charge in [0, 0.05) is 33.0 Å². The summed E-state index contributed by atoms with van der Waals surface area (Å²) in [5.41, 5.74) is 0. The molecule has 0 aromatic carbocycles. The molecule has 0 bridgehead atoms. The van der Waals surface area contributed by atoms with Gasteiger partial charge in [0.05, 0.1) is 6.61 Å². The Morgan fingerprint density at radius 1 is 1.27 bits per heavy atom. The summed E-state index contributed by atoms with van der Waals surface area (Å²) in [6, 6.07) is 0. The Bertz CT molecular complexity index is 276. The Kier molecular flexibility index (Phi) is 7.27. The third kappa shape index (κ3) is 11.3. The molecule has 0 fully saturated rings. The van der Waals surface area contributed by atoms with Crippen molar-refractivity contribution in [2.24, 2.45) is 0 Å². The summed E-state index contributed by atoms with van der Waals surface area (Å²) in [5.74, 6) is -0.920. The molecule has 0 rings (SSSR count). The molecule has 0 aromatic rings. The van der Waals surface area contributed by atoms with E-state index in [1.54, 1.807) is 7.11 Å². The Balaban J connectivity index is 3.40. The van der Waals surface area contributed by atoms with Crippen molar-refractivity contribution in [3.63, 3.8) is 0 Å². The monoisotopic (exact) mass is 238 g/mol. The SMILES string of the molecule is COCCNCCNC(=O)CS(C)(=O)=O. The van der Waals surface area contributed by atoms with Gasteiger partial charge in [-0.25, -0.2) is 8.42 Å². The Hall–Kier alpha value is -0.660. The third-order valence-corrected chi connectivity index (χ3v) is 2.29. The lowest BCUT2D eigenvalue weighted by Gasteiger charge is -2.05. The van der Waals surface area contributed by atoms with Crippen LogP contribution in [-0.4, -0.2) is 59.7 Å². The van der Waals surface area contributed by atoms with Crippen LogP contribution >= 0.6 is 0 Å².